The highest BCUT2D eigenvalue weighted by Gasteiger charge is 2.46. The molecule has 5 atom stereocenters. The van der Waals surface area contributed by atoms with Crippen molar-refractivity contribution in [3.8, 4) is 0 Å². The van der Waals surface area contributed by atoms with Gasteiger partial charge in [-0.2, -0.15) is 0 Å². The first-order valence-electron chi connectivity index (χ1n) is 10.8. The zero-order valence-corrected chi connectivity index (χ0v) is 19.3. The fourth-order valence-corrected chi connectivity index (χ4v) is 5.68. The van der Waals surface area contributed by atoms with E-state index in [0.29, 0.717) is 18.9 Å². The van der Waals surface area contributed by atoms with Gasteiger partial charge in [0.05, 0.1) is 12.6 Å². The SMILES string of the molecule is CNCC(=O)N1[C@@H]2CC[C@H]1CC([C@@H](Cc1cc(F)c(F)cc1F)N[S+]([O-])C(C)(C)C)C2. The van der Waals surface area contributed by atoms with Crippen molar-refractivity contribution in [2.75, 3.05) is 13.6 Å². The molecule has 0 saturated carbocycles. The number of benzene rings is 1. The van der Waals surface area contributed by atoms with Gasteiger partial charge in [-0.25, -0.2) is 13.2 Å². The van der Waals surface area contributed by atoms with Gasteiger partial charge in [-0.05, 0) is 77.5 Å². The van der Waals surface area contributed by atoms with Crippen molar-refractivity contribution in [3.05, 3.63) is 35.1 Å². The summed E-state index contributed by atoms with van der Waals surface area (Å²) in [6.07, 6.45) is 3.32. The van der Waals surface area contributed by atoms with Crippen LogP contribution >= 0.6 is 0 Å². The number of nitrogens with one attached hydrogen (secondary N) is 2. The fourth-order valence-electron chi connectivity index (χ4n) is 4.77. The number of halogens is 3. The second-order valence-electron chi connectivity index (χ2n) is 9.62. The molecule has 2 aliphatic heterocycles. The minimum atomic E-state index is -1.41. The number of carbonyl (C=O) groups is 1. The molecule has 2 aliphatic rings. The largest absolute Gasteiger partial charge is 0.598 e. The number of amides is 1. The molecule has 2 bridgehead atoms. The molecule has 2 fully saturated rings. The van der Waals surface area contributed by atoms with E-state index in [4.69, 9.17) is 0 Å². The van der Waals surface area contributed by atoms with Gasteiger partial charge in [-0.15, -0.1) is 4.72 Å². The van der Waals surface area contributed by atoms with Crippen LogP contribution in [0.4, 0.5) is 13.2 Å². The molecule has 1 aromatic rings. The Morgan fingerprint density at radius 3 is 2.29 bits per heavy atom. The van der Waals surface area contributed by atoms with Gasteiger partial charge in [0.15, 0.2) is 11.6 Å². The smallest absolute Gasteiger partial charge is 0.237 e. The minimum absolute atomic E-state index is 0.0370. The van der Waals surface area contributed by atoms with Crippen LogP contribution in [-0.4, -0.2) is 51.8 Å². The lowest BCUT2D eigenvalue weighted by molar-refractivity contribution is -0.135. The van der Waals surface area contributed by atoms with E-state index in [9.17, 15) is 22.5 Å². The van der Waals surface area contributed by atoms with Gasteiger partial charge in [0.25, 0.3) is 0 Å². The van der Waals surface area contributed by atoms with Crippen LogP contribution in [0.2, 0.25) is 0 Å². The average Bonchev–Trinajstić information content (AvgIpc) is 2.94. The minimum Gasteiger partial charge on any atom is -0.598 e. The average molecular weight is 460 g/mol. The van der Waals surface area contributed by atoms with Gasteiger partial charge in [-0.1, -0.05) is 0 Å². The molecular weight excluding hydrogens is 427 g/mol. The first-order valence-corrected chi connectivity index (χ1v) is 11.9. The Bertz CT molecular complexity index is 791. The number of likely N-dealkylation sites (N-methyl/N-ethyl adjacent to an activating group) is 1. The number of fused-ring (bicyclic) bond motifs is 2. The van der Waals surface area contributed by atoms with Crippen molar-refractivity contribution in [1.29, 1.82) is 0 Å². The standard InChI is InChI=1S/C22H32F3N3O2S/c1-22(2,3)31(30)27-20(10-13-9-18(24)19(25)11-17(13)23)14-7-15-5-6-16(8-14)28(15)21(29)12-26-4/h9,11,14-16,20,26-27H,5-8,10,12H2,1-4H3/t14?,15-,16+,20-,31?/m1/s1. The molecule has 3 rings (SSSR count). The summed E-state index contributed by atoms with van der Waals surface area (Å²) in [4.78, 5) is 14.5. The molecule has 2 saturated heterocycles. The van der Waals surface area contributed by atoms with Gasteiger partial charge in [-0.3, -0.25) is 4.79 Å². The van der Waals surface area contributed by atoms with Crippen molar-refractivity contribution >= 4 is 17.3 Å². The molecule has 0 aromatic heterocycles. The Kier molecular flexibility index (Phi) is 7.61. The van der Waals surface area contributed by atoms with Crippen molar-refractivity contribution in [2.45, 2.75) is 75.7 Å². The van der Waals surface area contributed by atoms with Gasteiger partial charge >= 0.3 is 0 Å². The zero-order valence-electron chi connectivity index (χ0n) is 18.5. The lowest BCUT2D eigenvalue weighted by atomic mass is 9.82. The van der Waals surface area contributed by atoms with Crippen molar-refractivity contribution in [3.63, 3.8) is 0 Å². The number of piperidine rings is 1. The maximum atomic E-state index is 14.4. The van der Waals surface area contributed by atoms with E-state index < -0.39 is 33.6 Å². The summed E-state index contributed by atoms with van der Waals surface area (Å²) in [7, 11) is 1.74. The van der Waals surface area contributed by atoms with Crippen LogP contribution in [0.5, 0.6) is 0 Å². The van der Waals surface area contributed by atoms with E-state index in [-0.39, 0.29) is 48.5 Å². The predicted octanol–water partition coefficient (Wildman–Crippen LogP) is 3.06. The topological polar surface area (TPSA) is 67.4 Å². The predicted molar refractivity (Wildman–Crippen MR) is 115 cm³/mol. The molecule has 31 heavy (non-hydrogen) atoms. The lowest BCUT2D eigenvalue weighted by Gasteiger charge is -2.42. The molecule has 0 spiro atoms. The van der Waals surface area contributed by atoms with Crippen molar-refractivity contribution in [2.24, 2.45) is 5.92 Å². The summed E-state index contributed by atoms with van der Waals surface area (Å²) in [5.41, 5.74) is 0.0587. The Hall–Kier alpha value is -1.29. The Labute approximate surface area is 185 Å². The quantitative estimate of drug-likeness (QED) is 0.486. The number of hydrogen-bond donors (Lipinski definition) is 2. The molecule has 5 nitrogen and oxygen atoms in total. The molecule has 1 amide bonds. The highest BCUT2D eigenvalue weighted by molar-refractivity contribution is 7.90. The van der Waals surface area contributed by atoms with Crippen LogP contribution in [0.1, 0.15) is 52.0 Å². The van der Waals surface area contributed by atoms with Gasteiger partial charge in [0, 0.05) is 29.5 Å². The maximum absolute atomic E-state index is 14.4. The Balaban J connectivity index is 1.82. The third-order valence-electron chi connectivity index (χ3n) is 6.30. The van der Waals surface area contributed by atoms with Crippen molar-refractivity contribution in [1.82, 2.24) is 14.9 Å². The first-order chi connectivity index (χ1) is 14.5. The van der Waals surface area contributed by atoms with Crippen LogP contribution in [0.25, 0.3) is 0 Å². The zero-order chi connectivity index (χ0) is 22.9. The summed E-state index contributed by atoms with van der Waals surface area (Å²) in [5.74, 6) is -3.02. The fraction of sp³-hybridized carbons (Fsp3) is 0.682. The molecule has 1 aromatic carbocycles. The van der Waals surface area contributed by atoms with Crippen LogP contribution in [0.3, 0.4) is 0 Å². The van der Waals surface area contributed by atoms with Gasteiger partial charge < -0.3 is 14.8 Å². The molecule has 174 valence electrons. The summed E-state index contributed by atoms with van der Waals surface area (Å²) >= 11 is -1.41. The first kappa shape index (κ1) is 24.4. The van der Waals surface area contributed by atoms with Crippen LogP contribution in [0.15, 0.2) is 12.1 Å². The second-order valence-corrected chi connectivity index (χ2v) is 11.6. The van der Waals surface area contributed by atoms with Crippen LogP contribution in [-0.2, 0) is 22.6 Å². The molecule has 2 heterocycles. The van der Waals surface area contributed by atoms with Crippen LogP contribution < -0.4 is 10.0 Å². The Morgan fingerprint density at radius 2 is 1.74 bits per heavy atom. The highest BCUT2D eigenvalue weighted by Crippen LogP contribution is 2.41. The number of nitrogens with zero attached hydrogens (tertiary/aromatic N) is 1. The van der Waals surface area contributed by atoms with E-state index in [2.05, 4.69) is 10.0 Å². The van der Waals surface area contributed by atoms with Gasteiger partial charge in [0.1, 0.15) is 10.6 Å². The number of hydrogen-bond acceptors (Lipinski definition) is 4. The van der Waals surface area contributed by atoms with E-state index in [1.807, 2.05) is 25.7 Å². The highest BCUT2D eigenvalue weighted by atomic mass is 32.2. The third kappa shape index (κ3) is 5.56. The number of carbonyl (C=O) groups excluding carboxylic acids is 1. The summed E-state index contributed by atoms with van der Waals surface area (Å²) in [5, 5.41) is 2.91. The molecule has 9 heteroatoms. The molecular formula is C22H32F3N3O2S. The molecule has 2 N–H and O–H groups in total. The lowest BCUT2D eigenvalue weighted by Crippen LogP contribution is -2.55. The normalized spacial score (nSPS) is 25.5. The third-order valence-corrected chi connectivity index (χ3v) is 7.93. The summed E-state index contributed by atoms with van der Waals surface area (Å²) < 4.78 is 57.0. The van der Waals surface area contributed by atoms with E-state index in [1.165, 1.54) is 0 Å². The number of rotatable bonds is 7. The summed E-state index contributed by atoms with van der Waals surface area (Å²) in [6.45, 7) is 5.81. The van der Waals surface area contributed by atoms with E-state index in [0.717, 1.165) is 18.9 Å². The summed E-state index contributed by atoms with van der Waals surface area (Å²) in [6, 6.07) is 1.24. The van der Waals surface area contributed by atoms with E-state index in [1.54, 1.807) is 7.05 Å². The van der Waals surface area contributed by atoms with Crippen molar-refractivity contribution < 1.29 is 22.5 Å². The van der Waals surface area contributed by atoms with Crippen LogP contribution in [0, 0.1) is 23.4 Å². The molecule has 2 unspecified atom stereocenters. The second kappa shape index (κ2) is 9.68. The maximum Gasteiger partial charge on any atom is 0.237 e. The molecule has 0 radical (unpaired) electrons. The van der Waals surface area contributed by atoms with Gasteiger partial charge in [0.2, 0.25) is 5.91 Å². The Morgan fingerprint density at radius 1 is 1.16 bits per heavy atom. The van der Waals surface area contributed by atoms with E-state index >= 15 is 0 Å². The monoisotopic (exact) mass is 459 g/mol. The molecule has 0 aliphatic carbocycles.